The Hall–Kier alpha value is -2.18. The normalized spacial score (nSPS) is 17.2. The van der Waals surface area contributed by atoms with Crippen LogP contribution in [0.3, 0.4) is 0 Å². The molecule has 3 heterocycles. The van der Waals surface area contributed by atoms with Crippen molar-refractivity contribution >= 4 is 11.0 Å². The first-order valence-corrected chi connectivity index (χ1v) is 8.90. The van der Waals surface area contributed by atoms with E-state index in [0.29, 0.717) is 5.92 Å². The molecule has 1 aliphatic heterocycles. The number of nitrogens with one attached hydrogen (secondary N) is 1. The Balaban J connectivity index is 1.54. The predicted octanol–water partition coefficient (Wildman–Crippen LogP) is 2.56. The molecule has 1 unspecified atom stereocenters. The van der Waals surface area contributed by atoms with Crippen molar-refractivity contribution in [3.63, 3.8) is 0 Å². The van der Waals surface area contributed by atoms with Gasteiger partial charge in [0.05, 0.1) is 23.4 Å². The summed E-state index contributed by atoms with van der Waals surface area (Å²) in [4.78, 5) is 9.06. The first-order chi connectivity index (χ1) is 12.2. The third-order valence-corrected chi connectivity index (χ3v) is 5.19. The topological polar surface area (TPSA) is 56.9 Å². The number of nitrogens with zero attached hydrogens (tertiary/aromatic N) is 4. The van der Waals surface area contributed by atoms with Crippen LogP contribution in [-0.4, -0.2) is 32.3 Å². The summed E-state index contributed by atoms with van der Waals surface area (Å²) in [6.07, 6.45) is 7.90. The molecule has 132 valence electrons. The summed E-state index contributed by atoms with van der Waals surface area (Å²) in [7, 11) is 4.09. The van der Waals surface area contributed by atoms with Crippen molar-refractivity contribution in [3.05, 3.63) is 48.3 Å². The van der Waals surface area contributed by atoms with E-state index in [9.17, 15) is 0 Å². The monoisotopic (exact) mass is 339 g/mol. The molecule has 1 fully saturated rings. The number of hydrogen-bond acceptors (Lipinski definition) is 4. The maximum absolute atomic E-state index is 5.55. The van der Waals surface area contributed by atoms with Crippen LogP contribution >= 0.6 is 0 Å². The molecule has 1 aliphatic rings. The van der Waals surface area contributed by atoms with Crippen LogP contribution in [-0.2, 0) is 25.4 Å². The zero-order chi connectivity index (χ0) is 17.2. The highest BCUT2D eigenvalue weighted by molar-refractivity contribution is 5.75. The lowest BCUT2D eigenvalue weighted by Gasteiger charge is -2.30. The van der Waals surface area contributed by atoms with Gasteiger partial charge in [0.25, 0.3) is 0 Å². The van der Waals surface area contributed by atoms with Gasteiger partial charge in [-0.2, -0.15) is 0 Å². The molecule has 1 atom stereocenters. The molecule has 6 nitrogen and oxygen atoms in total. The Kier molecular flexibility index (Phi) is 4.55. The van der Waals surface area contributed by atoms with Crippen molar-refractivity contribution in [2.24, 2.45) is 20.0 Å². The van der Waals surface area contributed by atoms with Gasteiger partial charge in [-0.15, -0.1) is 0 Å². The van der Waals surface area contributed by atoms with Crippen molar-refractivity contribution in [3.8, 4) is 0 Å². The zero-order valence-electron chi connectivity index (χ0n) is 14.9. The maximum atomic E-state index is 5.55. The van der Waals surface area contributed by atoms with Gasteiger partial charge in [0, 0.05) is 46.2 Å². The molecule has 25 heavy (non-hydrogen) atoms. The molecule has 1 saturated heterocycles. The van der Waals surface area contributed by atoms with Gasteiger partial charge < -0.3 is 19.2 Å². The van der Waals surface area contributed by atoms with E-state index in [1.165, 1.54) is 5.56 Å². The Labute approximate surface area is 147 Å². The van der Waals surface area contributed by atoms with Crippen LogP contribution in [0, 0.1) is 5.92 Å². The molecule has 4 rings (SSSR count). The largest absolute Gasteiger partial charge is 0.381 e. The van der Waals surface area contributed by atoms with Gasteiger partial charge in [-0.05, 0) is 36.5 Å². The minimum Gasteiger partial charge on any atom is -0.381 e. The SMILES string of the molecule is Cn1ccnc1C(NCc1ccc2c(c1)ncn2C)C1CCOCC1. The average molecular weight is 339 g/mol. The number of hydrogen-bond donors (Lipinski definition) is 1. The van der Waals surface area contributed by atoms with Crippen LogP contribution < -0.4 is 5.32 Å². The number of fused-ring (bicyclic) bond motifs is 1. The van der Waals surface area contributed by atoms with Crippen molar-refractivity contribution < 1.29 is 4.74 Å². The van der Waals surface area contributed by atoms with E-state index in [4.69, 9.17) is 4.74 Å². The zero-order valence-corrected chi connectivity index (χ0v) is 14.9. The maximum Gasteiger partial charge on any atom is 0.125 e. The lowest BCUT2D eigenvalue weighted by molar-refractivity contribution is 0.0518. The second-order valence-electron chi connectivity index (χ2n) is 6.88. The molecular formula is C19H25N5O. The smallest absolute Gasteiger partial charge is 0.125 e. The summed E-state index contributed by atoms with van der Waals surface area (Å²) in [6.45, 7) is 2.49. The standard InChI is InChI=1S/C19H25N5O/c1-23-8-7-20-19(23)18(15-5-9-25-10-6-15)21-12-14-3-4-17-16(11-14)22-13-24(17)2/h3-4,7-8,11,13,15,18,21H,5-6,9-10,12H2,1-2H3. The predicted molar refractivity (Wildman–Crippen MR) is 97.0 cm³/mol. The summed E-state index contributed by atoms with van der Waals surface area (Å²) in [5.41, 5.74) is 3.45. The summed E-state index contributed by atoms with van der Waals surface area (Å²) in [5.74, 6) is 1.65. The third kappa shape index (κ3) is 3.32. The highest BCUT2D eigenvalue weighted by atomic mass is 16.5. The first-order valence-electron chi connectivity index (χ1n) is 8.90. The summed E-state index contributed by atoms with van der Waals surface area (Å²) >= 11 is 0. The second kappa shape index (κ2) is 6.98. The Morgan fingerprint density at radius 2 is 2.04 bits per heavy atom. The lowest BCUT2D eigenvalue weighted by Crippen LogP contribution is -2.33. The first kappa shape index (κ1) is 16.3. The number of aromatic nitrogens is 4. The third-order valence-electron chi connectivity index (χ3n) is 5.19. The molecule has 0 radical (unpaired) electrons. The number of rotatable bonds is 5. The quantitative estimate of drug-likeness (QED) is 0.776. The molecule has 0 amide bonds. The highest BCUT2D eigenvalue weighted by Gasteiger charge is 2.27. The Bertz CT molecular complexity index is 846. The number of ether oxygens (including phenoxy) is 1. The fourth-order valence-electron chi connectivity index (χ4n) is 3.71. The summed E-state index contributed by atoms with van der Waals surface area (Å²) in [6, 6.07) is 6.73. The van der Waals surface area contributed by atoms with E-state index >= 15 is 0 Å². The summed E-state index contributed by atoms with van der Waals surface area (Å²) < 4.78 is 9.71. The van der Waals surface area contributed by atoms with Gasteiger partial charge in [-0.25, -0.2) is 9.97 Å². The highest BCUT2D eigenvalue weighted by Crippen LogP contribution is 2.29. The van der Waals surface area contributed by atoms with Crippen LogP contribution in [0.15, 0.2) is 36.9 Å². The summed E-state index contributed by atoms with van der Waals surface area (Å²) in [5, 5.41) is 3.75. The van der Waals surface area contributed by atoms with Crippen LogP contribution in [0.5, 0.6) is 0 Å². The van der Waals surface area contributed by atoms with Gasteiger partial charge in [-0.1, -0.05) is 6.07 Å². The van der Waals surface area contributed by atoms with Gasteiger partial charge in [0.2, 0.25) is 0 Å². The molecule has 0 aliphatic carbocycles. The second-order valence-corrected chi connectivity index (χ2v) is 6.88. The van der Waals surface area contributed by atoms with Crippen molar-refractivity contribution in [2.45, 2.75) is 25.4 Å². The lowest BCUT2D eigenvalue weighted by atomic mass is 9.91. The van der Waals surface area contributed by atoms with E-state index in [2.05, 4.69) is 45.1 Å². The van der Waals surface area contributed by atoms with E-state index < -0.39 is 0 Å². The number of benzene rings is 1. The van der Waals surface area contributed by atoms with Crippen molar-refractivity contribution in [1.29, 1.82) is 0 Å². The van der Waals surface area contributed by atoms with Crippen molar-refractivity contribution in [1.82, 2.24) is 24.4 Å². The van der Waals surface area contributed by atoms with E-state index in [1.54, 1.807) is 0 Å². The van der Waals surface area contributed by atoms with E-state index in [1.807, 2.05) is 30.3 Å². The Morgan fingerprint density at radius 3 is 2.80 bits per heavy atom. The van der Waals surface area contributed by atoms with Crippen LogP contribution in [0.4, 0.5) is 0 Å². The number of aryl methyl sites for hydroxylation is 2. The number of imidazole rings is 2. The Morgan fingerprint density at radius 1 is 1.20 bits per heavy atom. The van der Waals surface area contributed by atoms with Gasteiger partial charge in [0.15, 0.2) is 0 Å². The van der Waals surface area contributed by atoms with Crippen LogP contribution in [0.2, 0.25) is 0 Å². The molecule has 0 saturated carbocycles. The van der Waals surface area contributed by atoms with Crippen LogP contribution in [0.1, 0.15) is 30.3 Å². The molecule has 0 bridgehead atoms. The molecular weight excluding hydrogens is 314 g/mol. The molecule has 3 aromatic rings. The minimum atomic E-state index is 0.239. The molecule has 1 aromatic carbocycles. The van der Waals surface area contributed by atoms with Crippen molar-refractivity contribution in [2.75, 3.05) is 13.2 Å². The molecule has 0 spiro atoms. The fourth-order valence-corrected chi connectivity index (χ4v) is 3.71. The van der Waals surface area contributed by atoms with Gasteiger partial charge in [-0.3, -0.25) is 0 Å². The van der Waals surface area contributed by atoms with E-state index in [-0.39, 0.29) is 6.04 Å². The molecule has 6 heteroatoms. The fraction of sp³-hybridized carbons (Fsp3) is 0.474. The van der Waals surface area contributed by atoms with Gasteiger partial charge in [0.1, 0.15) is 5.82 Å². The molecule has 1 N–H and O–H groups in total. The average Bonchev–Trinajstić information content (AvgIpc) is 3.22. The minimum absolute atomic E-state index is 0.239. The van der Waals surface area contributed by atoms with E-state index in [0.717, 1.165) is 49.5 Å². The molecule has 2 aromatic heterocycles. The van der Waals surface area contributed by atoms with Gasteiger partial charge >= 0.3 is 0 Å². The van der Waals surface area contributed by atoms with Crippen LogP contribution in [0.25, 0.3) is 11.0 Å².